The Morgan fingerprint density at radius 2 is 2.10 bits per heavy atom. The van der Waals surface area contributed by atoms with Crippen LogP contribution < -0.4 is 5.32 Å². The maximum Gasteiger partial charge on any atom is 0.0728 e. The van der Waals surface area contributed by atoms with Gasteiger partial charge < -0.3 is 5.32 Å². The first-order chi connectivity index (χ1) is 9.63. The van der Waals surface area contributed by atoms with E-state index in [0.717, 1.165) is 12.2 Å². The third-order valence-electron chi connectivity index (χ3n) is 4.42. The van der Waals surface area contributed by atoms with E-state index in [1.54, 1.807) is 0 Å². The SMILES string of the molecule is CC1(C)CCCC1Nc1cnn(Cc2ccccc2)c1. The molecule has 1 saturated carbocycles. The van der Waals surface area contributed by atoms with Gasteiger partial charge in [0.2, 0.25) is 0 Å². The van der Waals surface area contributed by atoms with Gasteiger partial charge in [0.05, 0.1) is 18.4 Å². The normalized spacial score (nSPS) is 21.0. The minimum absolute atomic E-state index is 0.390. The van der Waals surface area contributed by atoms with Gasteiger partial charge in [-0.05, 0) is 23.8 Å². The number of aromatic nitrogens is 2. The predicted molar refractivity (Wildman–Crippen MR) is 82.8 cm³/mol. The van der Waals surface area contributed by atoms with Crippen LogP contribution in [-0.4, -0.2) is 15.8 Å². The number of nitrogens with zero attached hydrogens (tertiary/aromatic N) is 2. The molecule has 1 unspecified atom stereocenters. The summed E-state index contributed by atoms with van der Waals surface area (Å²) in [5.41, 5.74) is 2.81. The van der Waals surface area contributed by atoms with Crippen LogP contribution in [0.4, 0.5) is 5.69 Å². The van der Waals surface area contributed by atoms with Gasteiger partial charge in [0.15, 0.2) is 0 Å². The summed E-state index contributed by atoms with van der Waals surface area (Å²) in [6.07, 6.45) is 7.95. The average Bonchev–Trinajstić information content (AvgIpc) is 2.99. The van der Waals surface area contributed by atoms with Gasteiger partial charge in [-0.25, -0.2) is 0 Å². The van der Waals surface area contributed by atoms with E-state index in [1.807, 2.05) is 16.9 Å². The van der Waals surface area contributed by atoms with E-state index >= 15 is 0 Å². The summed E-state index contributed by atoms with van der Waals surface area (Å²) in [6.45, 7) is 5.54. The number of rotatable bonds is 4. The first kappa shape index (κ1) is 13.2. The van der Waals surface area contributed by atoms with E-state index in [2.05, 4.69) is 54.7 Å². The van der Waals surface area contributed by atoms with Crippen molar-refractivity contribution in [2.24, 2.45) is 5.41 Å². The number of anilines is 1. The van der Waals surface area contributed by atoms with E-state index < -0.39 is 0 Å². The monoisotopic (exact) mass is 269 g/mol. The quantitative estimate of drug-likeness (QED) is 0.911. The number of nitrogens with one attached hydrogen (secondary N) is 1. The van der Waals surface area contributed by atoms with E-state index in [9.17, 15) is 0 Å². The van der Waals surface area contributed by atoms with E-state index in [1.165, 1.54) is 24.8 Å². The highest BCUT2D eigenvalue weighted by Gasteiger charge is 2.34. The Morgan fingerprint density at radius 3 is 2.80 bits per heavy atom. The second kappa shape index (κ2) is 5.31. The zero-order valence-electron chi connectivity index (χ0n) is 12.3. The smallest absolute Gasteiger partial charge is 0.0728 e. The number of benzene rings is 1. The lowest BCUT2D eigenvalue weighted by atomic mass is 9.87. The molecule has 2 aromatic rings. The third kappa shape index (κ3) is 2.87. The van der Waals surface area contributed by atoms with Crippen molar-refractivity contribution in [1.29, 1.82) is 0 Å². The van der Waals surface area contributed by atoms with Crippen molar-refractivity contribution in [1.82, 2.24) is 9.78 Å². The Balaban J connectivity index is 1.65. The van der Waals surface area contributed by atoms with Crippen molar-refractivity contribution in [3.63, 3.8) is 0 Å². The van der Waals surface area contributed by atoms with Crippen LogP contribution in [0.5, 0.6) is 0 Å². The fraction of sp³-hybridized carbons (Fsp3) is 0.471. The maximum atomic E-state index is 4.46. The second-order valence-electron chi connectivity index (χ2n) is 6.49. The molecule has 1 heterocycles. The molecule has 20 heavy (non-hydrogen) atoms. The number of hydrogen-bond donors (Lipinski definition) is 1. The van der Waals surface area contributed by atoms with Crippen LogP contribution >= 0.6 is 0 Å². The Hall–Kier alpha value is -1.77. The van der Waals surface area contributed by atoms with Gasteiger partial charge in [0.1, 0.15) is 0 Å². The van der Waals surface area contributed by atoms with Gasteiger partial charge in [0.25, 0.3) is 0 Å². The van der Waals surface area contributed by atoms with Crippen LogP contribution in [0.15, 0.2) is 42.7 Å². The van der Waals surface area contributed by atoms with Crippen molar-refractivity contribution < 1.29 is 0 Å². The molecule has 1 atom stereocenters. The molecule has 1 aliphatic rings. The zero-order valence-corrected chi connectivity index (χ0v) is 12.3. The van der Waals surface area contributed by atoms with E-state index in [0.29, 0.717) is 11.5 Å². The molecule has 0 radical (unpaired) electrons. The van der Waals surface area contributed by atoms with Gasteiger partial charge in [-0.3, -0.25) is 4.68 Å². The maximum absolute atomic E-state index is 4.46. The lowest BCUT2D eigenvalue weighted by Gasteiger charge is -2.28. The molecule has 1 aromatic heterocycles. The van der Waals surface area contributed by atoms with Crippen molar-refractivity contribution in [3.05, 3.63) is 48.3 Å². The Labute approximate surface area is 121 Å². The van der Waals surface area contributed by atoms with Gasteiger partial charge in [-0.2, -0.15) is 5.10 Å². The molecule has 0 amide bonds. The first-order valence-electron chi connectivity index (χ1n) is 7.46. The zero-order chi connectivity index (χ0) is 14.0. The van der Waals surface area contributed by atoms with E-state index in [4.69, 9.17) is 0 Å². The van der Waals surface area contributed by atoms with Crippen LogP contribution in [0.25, 0.3) is 0 Å². The molecule has 1 aromatic carbocycles. The molecule has 0 saturated heterocycles. The molecule has 3 heteroatoms. The highest BCUT2D eigenvalue weighted by Crippen LogP contribution is 2.38. The highest BCUT2D eigenvalue weighted by molar-refractivity contribution is 5.40. The highest BCUT2D eigenvalue weighted by atomic mass is 15.3. The van der Waals surface area contributed by atoms with Gasteiger partial charge >= 0.3 is 0 Å². The molecule has 1 aliphatic carbocycles. The largest absolute Gasteiger partial charge is 0.379 e. The second-order valence-corrected chi connectivity index (χ2v) is 6.49. The van der Waals surface area contributed by atoms with Crippen LogP contribution in [0.3, 0.4) is 0 Å². The Morgan fingerprint density at radius 1 is 1.30 bits per heavy atom. The van der Waals surface area contributed by atoms with E-state index in [-0.39, 0.29) is 0 Å². The Bertz CT molecular complexity index is 557. The summed E-state index contributed by atoms with van der Waals surface area (Å²) < 4.78 is 2.00. The summed E-state index contributed by atoms with van der Waals surface area (Å²) in [5.74, 6) is 0. The lowest BCUT2D eigenvalue weighted by molar-refractivity contribution is 0.350. The van der Waals surface area contributed by atoms with Crippen LogP contribution in [0.1, 0.15) is 38.7 Å². The van der Waals surface area contributed by atoms with Crippen LogP contribution in [-0.2, 0) is 6.54 Å². The standard InChI is InChI=1S/C17H23N3/c1-17(2)10-6-9-16(17)19-15-11-18-20(13-15)12-14-7-4-3-5-8-14/h3-5,7-8,11,13,16,19H,6,9-10,12H2,1-2H3. The summed E-state index contributed by atoms with van der Waals surface area (Å²) >= 11 is 0. The Kier molecular flexibility index (Phi) is 3.51. The molecular weight excluding hydrogens is 246 g/mol. The molecule has 3 rings (SSSR count). The average molecular weight is 269 g/mol. The summed E-state index contributed by atoms with van der Waals surface area (Å²) in [7, 11) is 0. The molecule has 3 nitrogen and oxygen atoms in total. The first-order valence-corrected chi connectivity index (χ1v) is 7.46. The summed E-state index contributed by atoms with van der Waals surface area (Å²) in [4.78, 5) is 0. The van der Waals surface area contributed by atoms with Crippen molar-refractivity contribution in [2.45, 2.75) is 45.7 Å². The van der Waals surface area contributed by atoms with Crippen molar-refractivity contribution in [3.8, 4) is 0 Å². The predicted octanol–water partition coefficient (Wildman–Crippen LogP) is 3.92. The van der Waals surface area contributed by atoms with Crippen LogP contribution in [0, 0.1) is 5.41 Å². The molecule has 0 spiro atoms. The van der Waals surface area contributed by atoms with Gasteiger partial charge in [-0.15, -0.1) is 0 Å². The van der Waals surface area contributed by atoms with Crippen LogP contribution in [0.2, 0.25) is 0 Å². The van der Waals surface area contributed by atoms with Crippen molar-refractivity contribution >= 4 is 5.69 Å². The lowest BCUT2D eigenvalue weighted by Crippen LogP contribution is -2.30. The number of hydrogen-bond acceptors (Lipinski definition) is 2. The minimum Gasteiger partial charge on any atom is -0.379 e. The molecule has 106 valence electrons. The summed E-state index contributed by atoms with van der Waals surface area (Å²) in [5, 5.41) is 8.11. The molecular formula is C17H23N3. The fourth-order valence-corrected chi connectivity index (χ4v) is 3.09. The molecule has 0 aliphatic heterocycles. The fourth-order valence-electron chi connectivity index (χ4n) is 3.09. The molecule has 0 bridgehead atoms. The molecule has 1 N–H and O–H groups in total. The molecule has 1 fully saturated rings. The third-order valence-corrected chi connectivity index (χ3v) is 4.42. The van der Waals surface area contributed by atoms with Crippen molar-refractivity contribution in [2.75, 3.05) is 5.32 Å². The van der Waals surface area contributed by atoms with Gasteiger partial charge in [0, 0.05) is 12.2 Å². The topological polar surface area (TPSA) is 29.9 Å². The summed E-state index contributed by atoms with van der Waals surface area (Å²) in [6, 6.07) is 11.0. The van der Waals surface area contributed by atoms with Gasteiger partial charge in [-0.1, -0.05) is 50.6 Å². The minimum atomic E-state index is 0.390.